The predicted molar refractivity (Wildman–Crippen MR) is 92.0 cm³/mol. The largest absolute Gasteiger partial charge is 0.352 e. The Kier molecular flexibility index (Phi) is 6.59. The predicted octanol–water partition coefficient (Wildman–Crippen LogP) is 2.29. The monoisotopic (exact) mass is 317 g/mol. The molecule has 0 radical (unpaired) electrons. The Morgan fingerprint density at radius 1 is 1.26 bits per heavy atom. The zero-order chi connectivity index (χ0) is 16.7. The van der Waals surface area contributed by atoms with Crippen molar-refractivity contribution in [1.29, 1.82) is 0 Å². The van der Waals surface area contributed by atoms with Crippen LogP contribution in [0.5, 0.6) is 0 Å². The third-order valence-corrected chi connectivity index (χ3v) is 3.98. The van der Waals surface area contributed by atoms with Crippen LogP contribution >= 0.6 is 0 Å². The van der Waals surface area contributed by atoms with Gasteiger partial charge in [-0.3, -0.25) is 9.59 Å². The molecule has 126 valence electrons. The number of piperidine rings is 1. The number of hydrogen-bond acceptors (Lipinski definition) is 3. The Balaban J connectivity index is 1.84. The van der Waals surface area contributed by atoms with Crippen LogP contribution in [-0.4, -0.2) is 24.9 Å². The smallest absolute Gasteiger partial charge is 0.224 e. The lowest BCUT2D eigenvalue weighted by molar-refractivity contribution is -0.126. The zero-order valence-electron chi connectivity index (χ0n) is 14.0. The first kappa shape index (κ1) is 17.5. The molecule has 3 N–H and O–H groups in total. The van der Waals surface area contributed by atoms with Crippen LogP contribution in [0.25, 0.3) is 0 Å². The van der Waals surface area contributed by atoms with Gasteiger partial charge in [-0.2, -0.15) is 0 Å². The third kappa shape index (κ3) is 6.02. The minimum absolute atomic E-state index is 0.0240. The van der Waals surface area contributed by atoms with Crippen molar-refractivity contribution in [2.75, 3.05) is 18.4 Å². The summed E-state index contributed by atoms with van der Waals surface area (Å²) in [7, 11) is 0. The van der Waals surface area contributed by atoms with Crippen LogP contribution in [0.3, 0.4) is 0 Å². The molecular formula is C18H27N3O2. The number of benzene rings is 1. The molecule has 0 aliphatic carbocycles. The van der Waals surface area contributed by atoms with Crippen LogP contribution < -0.4 is 16.0 Å². The number of carbonyl (C=O) groups is 2. The summed E-state index contributed by atoms with van der Waals surface area (Å²) in [6, 6.07) is 7.65. The lowest BCUT2D eigenvalue weighted by Crippen LogP contribution is -2.37. The van der Waals surface area contributed by atoms with Gasteiger partial charge in [0, 0.05) is 24.6 Å². The van der Waals surface area contributed by atoms with Crippen LogP contribution in [0, 0.1) is 11.8 Å². The molecule has 23 heavy (non-hydrogen) atoms. The number of rotatable bonds is 6. The van der Waals surface area contributed by atoms with Gasteiger partial charge in [0.05, 0.1) is 0 Å². The Bertz CT molecular complexity index is 537. The van der Waals surface area contributed by atoms with Gasteiger partial charge in [0.25, 0.3) is 0 Å². The molecule has 0 bridgehead atoms. The van der Waals surface area contributed by atoms with Gasteiger partial charge in [0.15, 0.2) is 0 Å². The highest BCUT2D eigenvalue weighted by atomic mass is 16.2. The molecule has 1 aliphatic heterocycles. The van der Waals surface area contributed by atoms with E-state index in [1.54, 1.807) is 0 Å². The molecule has 2 rings (SSSR count). The summed E-state index contributed by atoms with van der Waals surface area (Å²) in [4.78, 5) is 24.0. The maximum atomic E-state index is 12.1. The highest BCUT2D eigenvalue weighted by molar-refractivity contribution is 5.90. The van der Waals surface area contributed by atoms with Crippen LogP contribution in [0.15, 0.2) is 24.3 Å². The average Bonchev–Trinajstić information content (AvgIpc) is 2.53. The van der Waals surface area contributed by atoms with Crippen molar-refractivity contribution in [1.82, 2.24) is 10.6 Å². The van der Waals surface area contributed by atoms with Gasteiger partial charge in [0.1, 0.15) is 0 Å². The summed E-state index contributed by atoms with van der Waals surface area (Å²) in [5.41, 5.74) is 1.78. The van der Waals surface area contributed by atoms with E-state index in [4.69, 9.17) is 0 Å². The fraction of sp³-hybridized carbons (Fsp3) is 0.556. The second-order valence-electron chi connectivity index (χ2n) is 6.59. The van der Waals surface area contributed by atoms with Crippen molar-refractivity contribution in [2.24, 2.45) is 11.8 Å². The first-order valence-electron chi connectivity index (χ1n) is 8.42. The molecule has 0 spiro atoms. The fourth-order valence-electron chi connectivity index (χ4n) is 2.76. The summed E-state index contributed by atoms with van der Waals surface area (Å²) in [6.45, 7) is 6.36. The van der Waals surface area contributed by atoms with Gasteiger partial charge in [-0.05, 0) is 49.5 Å². The van der Waals surface area contributed by atoms with E-state index in [0.29, 0.717) is 18.9 Å². The number of hydrogen-bond donors (Lipinski definition) is 3. The van der Waals surface area contributed by atoms with E-state index < -0.39 is 0 Å². The second-order valence-corrected chi connectivity index (χ2v) is 6.59. The molecule has 5 nitrogen and oxygen atoms in total. The van der Waals surface area contributed by atoms with E-state index in [-0.39, 0.29) is 17.7 Å². The summed E-state index contributed by atoms with van der Waals surface area (Å²) < 4.78 is 0. The fourth-order valence-corrected chi connectivity index (χ4v) is 2.76. The number of amides is 2. The van der Waals surface area contributed by atoms with Gasteiger partial charge in [-0.25, -0.2) is 0 Å². The summed E-state index contributed by atoms with van der Waals surface area (Å²) in [5.74, 6) is 0.601. The minimum Gasteiger partial charge on any atom is -0.352 e. The van der Waals surface area contributed by atoms with Gasteiger partial charge >= 0.3 is 0 Å². The van der Waals surface area contributed by atoms with Crippen molar-refractivity contribution in [3.8, 4) is 0 Å². The topological polar surface area (TPSA) is 70.2 Å². The summed E-state index contributed by atoms with van der Waals surface area (Å²) >= 11 is 0. The molecule has 1 aromatic rings. The number of nitrogens with one attached hydrogen (secondary N) is 3. The molecule has 1 aliphatic rings. The van der Waals surface area contributed by atoms with E-state index in [1.807, 2.05) is 38.1 Å². The molecule has 1 heterocycles. The summed E-state index contributed by atoms with van der Waals surface area (Å²) in [5, 5.41) is 9.17. The van der Waals surface area contributed by atoms with Crippen LogP contribution in [0.2, 0.25) is 0 Å². The Hall–Kier alpha value is -1.88. The first-order chi connectivity index (χ1) is 11.0. The highest BCUT2D eigenvalue weighted by Crippen LogP contribution is 2.14. The summed E-state index contributed by atoms with van der Waals surface area (Å²) in [6.07, 6.45) is 2.31. The van der Waals surface area contributed by atoms with Crippen molar-refractivity contribution >= 4 is 17.5 Å². The molecule has 0 atom stereocenters. The maximum Gasteiger partial charge on any atom is 0.224 e. The van der Waals surface area contributed by atoms with E-state index in [1.165, 1.54) is 0 Å². The van der Waals surface area contributed by atoms with E-state index in [0.717, 1.165) is 37.2 Å². The lowest BCUT2D eigenvalue weighted by atomic mass is 9.97. The average molecular weight is 317 g/mol. The molecule has 1 aromatic carbocycles. The van der Waals surface area contributed by atoms with Gasteiger partial charge in [0.2, 0.25) is 11.8 Å². The zero-order valence-corrected chi connectivity index (χ0v) is 14.0. The maximum absolute atomic E-state index is 12.1. The molecule has 0 saturated carbocycles. The van der Waals surface area contributed by atoms with Gasteiger partial charge in [-0.15, -0.1) is 0 Å². The highest BCUT2D eigenvalue weighted by Gasteiger charge is 2.20. The van der Waals surface area contributed by atoms with Crippen LogP contribution in [0.1, 0.15) is 38.7 Å². The van der Waals surface area contributed by atoms with Gasteiger partial charge < -0.3 is 16.0 Å². The van der Waals surface area contributed by atoms with Crippen molar-refractivity contribution in [2.45, 2.75) is 39.7 Å². The van der Waals surface area contributed by atoms with Crippen molar-refractivity contribution in [3.63, 3.8) is 0 Å². The first-order valence-corrected chi connectivity index (χ1v) is 8.42. The molecule has 5 heteroatoms. The van der Waals surface area contributed by atoms with E-state index in [9.17, 15) is 9.59 Å². The van der Waals surface area contributed by atoms with Crippen LogP contribution in [-0.2, 0) is 16.1 Å². The molecule has 1 saturated heterocycles. The Morgan fingerprint density at radius 3 is 2.70 bits per heavy atom. The molecule has 0 unspecified atom stereocenters. The lowest BCUT2D eigenvalue weighted by Gasteiger charge is -2.21. The number of anilines is 1. The van der Waals surface area contributed by atoms with E-state index >= 15 is 0 Å². The van der Waals surface area contributed by atoms with Gasteiger partial charge in [-0.1, -0.05) is 26.0 Å². The molecular weight excluding hydrogens is 290 g/mol. The van der Waals surface area contributed by atoms with Crippen molar-refractivity contribution < 1.29 is 9.59 Å². The van der Waals surface area contributed by atoms with Crippen molar-refractivity contribution in [3.05, 3.63) is 29.8 Å². The quantitative estimate of drug-likeness (QED) is 0.754. The Labute approximate surface area is 138 Å². The Morgan fingerprint density at radius 2 is 2.00 bits per heavy atom. The number of carbonyl (C=O) groups excluding carboxylic acids is 2. The molecule has 1 fully saturated rings. The third-order valence-electron chi connectivity index (χ3n) is 3.98. The van der Waals surface area contributed by atoms with Crippen LogP contribution in [0.4, 0.5) is 5.69 Å². The SMILES string of the molecule is CC(C)CC(=O)Nc1cccc(CNC(=O)C2CCNCC2)c1. The molecule has 0 aromatic heterocycles. The second kappa shape index (κ2) is 8.67. The molecule has 2 amide bonds. The normalized spacial score (nSPS) is 15.4. The standard InChI is InChI=1S/C18H27N3O2/c1-13(2)10-17(22)21-16-5-3-4-14(11-16)12-20-18(23)15-6-8-19-9-7-15/h3-5,11,13,15,19H,6-10,12H2,1-2H3,(H,20,23)(H,21,22). The minimum atomic E-state index is 0.0240. The van der Waals surface area contributed by atoms with E-state index in [2.05, 4.69) is 16.0 Å².